The van der Waals surface area contributed by atoms with Crippen molar-refractivity contribution in [2.24, 2.45) is 0 Å². The maximum atomic E-state index is 13.4. The van der Waals surface area contributed by atoms with Crippen LogP contribution in [0.25, 0.3) is 10.9 Å². The molecule has 0 bridgehead atoms. The van der Waals surface area contributed by atoms with E-state index < -0.39 is 10.0 Å². The van der Waals surface area contributed by atoms with Crippen LogP contribution < -0.4 is 0 Å². The normalized spacial score (nSPS) is 14.7. The van der Waals surface area contributed by atoms with E-state index in [1.54, 1.807) is 36.4 Å². The first-order valence-corrected chi connectivity index (χ1v) is 10.4. The van der Waals surface area contributed by atoms with Crippen molar-refractivity contribution in [1.29, 1.82) is 0 Å². The van der Waals surface area contributed by atoms with Gasteiger partial charge in [-0.15, -0.1) is 0 Å². The van der Waals surface area contributed by atoms with Crippen molar-refractivity contribution in [3.8, 4) is 0 Å². The number of nitrogens with zero attached hydrogens (tertiary/aromatic N) is 1. The lowest BCUT2D eigenvalue weighted by Gasteiger charge is -2.15. The number of fused-ring (bicyclic) bond motifs is 3. The first kappa shape index (κ1) is 17.6. The summed E-state index contributed by atoms with van der Waals surface area (Å²) in [6.07, 6.45) is 1.57. The van der Waals surface area contributed by atoms with E-state index in [-0.39, 0.29) is 21.4 Å². The zero-order valence-electron chi connectivity index (χ0n) is 13.9. The molecule has 4 nitrogen and oxygen atoms in total. The van der Waals surface area contributed by atoms with E-state index in [4.69, 9.17) is 23.2 Å². The Kier molecular flexibility index (Phi) is 4.14. The smallest absolute Gasteiger partial charge is 0.268 e. The van der Waals surface area contributed by atoms with Crippen molar-refractivity contribution in [2.75, 3.05) is 0 Å². The second kappa shape index (κ2) is 6.12. The van der Waals surface area contributed by atoms with Gasteiger partial charge in [-0.25, -0.2) is 12.4 Å². The number of hydrogen-bond donors (Lipinski definition) is 0. The summed E-state index contributed by atoms with van der Waals surface area (Å²) >= 11 is 12.5. The fourth-order valence-electron chi connectivity index (χ4n) is 3.49. The summed E-state index contributed by atoms with van der Waals surface area (Å²) < 4.78 is 27.9. The van der Waals surface area contributed by atoms with Crippen molar-refractivity contribution < 1.29 is 13.2 Å². The number of benzene rings is 2. The van der Waals surface area contributed by atoms with E-state index in [1.165, 1.54) is 0 Å². The zero-order valence-corrected chi connectivity index (χ0v) is 16.2. The number of aryl methyl sites for hydroxylation is 2. The van der Waals surface area contributed by atoms with Gasteiger partial charge in [-0.3, -0.25) is 4.79 Å². The Morgan fingerprint density at radius 3 is 2.38 bits per heavy atom. The van der Waals surface area contributed by atoms with Crippen LogP contribution in [0.4, 0.5) is 0 Å². The quantitative estimate of drug-likeness (QED) is 0.599. The molecular weight excluding hydrogens is 393 g/mol. The first-order chi connectivity index (χ1) is 12.3. The number of carbonyl (C=O) groups is 1. The molecule has 1 aromatic heterocycles. The number of hydrogen-bond acceptors (Lipinski definition) is 3. The maximum absolute atomic E-state index is 13.4. The third kappa shape index (κ3) is 2.49. The highest BCUT2D eigenvalue weighted by Gasteiger charge is 2.33. The molecule has 0 amide bonds. The predicted molar refractivity (Wildman–Crippen MR) is 103 cm³/mol. The molecule has 0 radical (unpaired) electrons. The number of carbonyl (C=O) groups excluding carboxylic acids is 1. The molecule has 0 saturated carbocycles. The van der Waals surface area contributed by atoms with Gasteiger partial charge in [0.15, 0.2) is 5.78 Å². The van der Waals surface area contributed by atoms with Gasteiger partial charge in [0, 0.05) is 11.8 Å². The third-order valence-corrected chi connectivity index (χ3v) is 7.27. The minimum absolute atomic E-state index is 0.132. The Hall–Kier alpha value is -1.82. The molecular formula is C19H15Cl2NO3S. The van der Waals surface area contributed by atoms with Gasteiger partial charge in [-0.05, 0) is 49.6 Å². The van der Waals surface area contributed by atoms with Crippen LogP contribution in [0.5, 0.6) is 0 Å². The number of halogens is 2. The van der Waals surface area contributed by atoms with Crippen molar-refractivity contribution in [1.82, 2.24) is 3.97 Å². The Bertz CT molecular complexity index is 1160. The van der Waals surface area contributed by atoms with E-state index in [0.29, 0.717) is 40.8 Å². The van der Waals surface area contributed by atoms with Crippen LogP contribution in [0.15, 0.2) is 41.3 Å². The first-order valence-electron chi connectivity index (χ1n) is 8.19. The lowest BCUT2D eigenvalue weighted by Crippen LogP contribution is -2.21. The molecule has 0 aliphatic heterocycles. The van der Waals surface area contributed by atoms with E-state index >= 15 is 0 Å². The molecule has 1 aliphatic rings. The van der Waals surface area contributed by atoms with Gasteiger partial charge in [0.25, 0.3) is 10.0 Å². The van der Waals surface area contributed by atoms with E-state index in [2.05, 4.69) is 0 Å². The molecule has 7 heteroatoms. The number of rotatable bonds is 2. The molecule has 26 heavy (non-hydrogen) atoms. The molecule has 0 unspecified atom stereocenters. The lowest BCUT2D eigenvalue weighted by molar-refractivity contribution is 0.0967. The van der Waals surface area contributed by atoms with Crippen molar-refractivity contribution in [2.45, 2.75) is 31.1 Å². The summed E-state index contributed by atoms with van der Waals surface area (Å²) in [7, 11) is -3.95. The summed E-state index contributed by atoms with van der Waals surface area (Å²) in [6, 6.07) is 9.74. The van der Waals surface area contributed by atoms with Crippen LogP contribution >= 0.6 is 23.2 Å². The topological polar surface area (TPSA) is 56.1 Å². The highest BCUT2D eigenvalue weighted by Crippen LogP contribution is 2.41. The zero-order chi connectivity index (χ0) is 18.6. The standard InChI is InChI=1S/C19H15Cl2NO3S/c1-11-5-7-12(8-6-11)26(24,25)22-15-10-9-14(20)18(21)17(15)13-3-2-4-16(23)19(13)22/h5-10H,2-4H2,1H3. The minimum atomic E-state index is -3.95. The summed E-state index contributed by atoms with van der Waals surface area (Å²) in [4.78, 5) is 12.8. The van der Waals surface area contributed by atoms with Gasteiger partial charge in [-0.1, -0.05) is 40.9 Å². The average molecular weight is 408 g/mol. The Labute approximate surface area is 161 Å². The highest BCUT2D eigenvalue weighted by molar-refractivity contribution is 7.90. The molecule has 0 N–H and O–H groups in total. The van der Waals surface area contributed by atoms with Crippen molar-refractivity contribution >= 4 is 49.9 Å². The lowest BCUT2D eigenvalue weighted by atomic mass is 9.95. The molecule has 4 rings (SSSR count). The predicted octanol–water partition coefficient (Wildman–Crippen LogP) is 5.01. The Balaban J connectivity index is 2.13. The van der Waals surface area contributed by atoms with Crippen LogP contribution in [0.1, 0.15) is 34.5 Å². The second-order valence-corrected chi connectivity index (χ2v) is 9.01. The summed E-state index contributed by atoms with van der Waals surface area (Å²) in [5, 5.41) is 1.18. The number of aromatic nitrogens is 1. The fraction of sp³-hybridized carbons (Fsp3) is 0.211. The number of Topliss-reactive ketones (excluding diaryl/α,β-unsaturated/α-hetero) is 1. The SMILES string of the molecule is Cc1ccc(S(=O)(=O)n2c3c(c4c(Cl)c(Cl)ccc42)CCCC3=O)cc1. The Morgan fingerprint density at radius 1 is 1.00 bits per heavy atom. The molecule has 2 aromatic carbocycles. The molecule has 1 heterocycles. The van der Waals surface area contributed by atoms with Crippen molar-refractivity contribution in [3.05, 3.63) is 63.3 Å². The molecule has 0 saturated heterocycles. The second-order valence-electron chi connectivity index (χ2n) is 6.44. The average Bonchev–Trinajstić information content (AvgIpc) is 2.95. The van der Waals surface area contributed by atoms with Crippen LogP contribution in [0.3, 0.4) is 0 Å². The van der Waals surface area contributed by atoms with Gasteiger partial charge in [0.05, 0.1) is 20.5 Å². The molecule has 134 valence electrons. The van der Waals surface area contributed by atoms with Crippen LogP contribution in [0.2, 0.25) is 10.0 Å². The minimum Gasteiger partial charge on any atom is -0.292 e. The summed E-state index contributed by atoms with van der Waals surface area (Å²) in [5.74, 6) is -0.190. The van der Waals surface area contributed by atoms with Gasteiger partial charge >= 0.3 is 0 Å². The molecule has 0 spiro atoms. The van der Waals surface area contributed by atoms with E-state index in [9.17, 15) is 13.2 Å². The van der Waals surface area contributed by atoms with Crippen molar-refractivity contribution in [3.63, 3.8) is 0 Å². The molecule has 0 fully saturated rings. The van der Waals surface area contributed by atoms with Gasteiger partial charge in [0.1, 0.15) is 5.69 Å². The Morgan fingerprint density at radius 2 is 1.69 bits per heavy atom. The van der Waals surface area contributed by atoms with Gasteiger partial charge in [-0.2, -0.15) is 0 Å². The molecule has 3 aromatic rings. The third-order valence-electron chi connectivity index (χ3n) is 4.74. The van der Waals surface area contributed by atoms with Gasteiger partial charge in [0.2, 0.25) is 0 Å². The van der Waals surface area contributed by atoms with E-state index in [1.807, 2.05) is 6.92 Å². The largest absolute Gasteiger partial charge is 0.292 e. The number of ketones is 1. The summed E-state index contributed by atoms with van der Waals surface area (Å²) in [5.41, 5.74) is 2.21. The van der Waals surface area contributed by atoms with Crippen LogP contribution in [-0.4, -0.2) is 18.2 Å². The molecule has 0 atom stereocenters. The fourth-order valence-corrected chi connectivity index (χ4v) is 5.48. The monoisotopic (exact) mass is 407 g/mol. The summed E-state index contributed by atoms with van der Waals surface area (Å²) in [6.45, 7) is 1.88. The highest BCUT2D eigenvalue weighted by atomic mass is 35.5. The van der Waals surface area contributed by atoms with E-state index in [0.717, 1.165) is 9.54 Å². The van der Waals surface area contributed by atoms with Crippen LogP contribution in [-0.2, 0) is 16.4 Å². The molecule has 1 aliphatic carbocycles. The van der Waals surface area contributed by atoms with Crippen LogP contribution in [0, 0.1) is 6.92 Å². The maximum Gasteiger partial charge on any atom is 0.268 e. The van der Waals surface area contributed by atoms with Gasteiger partial charge < -0.3 is 0 Å².